The first kappa shape index (κ1) is 13.9. The quantitative estimate of drug-likeness (QED) is 0.905. The van der Waals surface area contributed by atoms with Gasteiger partial charge in [-0.25, -0.2) is 0 Å². The van der Waals surface area contributed by atoms with E-state index in [1.165, 1.54) is 32.1 Å². The molecule has 1 aromatic rings. The number of aromatic nitrogens is 4. The summed E-state index contributed by atoms with van der Waals surface area (Å²) < 4.78 is 0. The van der Waals surface area contributed by atoms with E-state index in [0.29, 0.717) is 23.7 Å². The zero-order valence-electron chi connectivity index (χ0n) is 13.5. The Kier molecular flexibility index (Phi) is 3.20. The summed E-state index contributed by atoms with van der Waals surface area (Å²) in [5, 5.41) is 14.5. The normalized spacial score (nSPS) is 42.2. The first-order chi connectivity index (χ1) is 11.3. The smallest absolute Gasteiger partial charge is 0.226 e. The van der Waals surface area contributed by atoms with E-state index >= 15 is 0 Å². The van der Waals surface area contributed by atoms with Crippen LogP contribution in [0.3, 0.4) is 0 Å². The SMILES string of the molecule is O=C(C1C2CC3CC(C2)CC1C3)N1CCC[C@@H](c2nn[nH]n2)C1. The molecule has 1 aliphatic heterocycles. The van der Waals surface area contributed by atoms with Crippen molar-refractivity contribution >= 4 is 5.91 Å². The molecule has 1 N–H and O–H groups in total. The van der Waals surface area contributed by atoms with Crippen molar-refractivity contribution in [3.63, 3.8) is 0 Å². The zero-order chi connectivity index (χ0) is 15.4. The van der Waals surface area contributed by atoms with Crippen LogP contribution in [0.25, 0.3) is 0 Å². The molecule has 0 aromatic carbocycles. The molecule has 0 radical (unpaired) electrons. The molecule has 6 nitrogen and oxygen atoms in total. The van der Waals surface area contributed by atoms with Gasteiger partial charge in [-0.1, -0.05) is 5.21 Å². The average Bonchev–Trinajstić information content (AvgIpc) is 3.08. The van der Waals surface area contributed by atoms with Gasteiger partial charge in [-0.3, -0.25) is 4.79 Å². The predicted molar refractivity (Wildman–Crippen MR) is 83.3 cm³/mol. The highest BCUT2D eigenvalue weighted by molar-refractivity contribution is 5.80. The fourth-order valence-corrected chi connectivity index (χ4v) is 6.27. The van der Waals surface area contributed by atoms with Crippen LogP contribution < -0.4 is 0 Å². The number of hydrogen-bond donors (Lipinski definition) is 1. The van der Waals surface area contributed by atoms with Crippen molar-refractivity contribution < 1.29 is 4.79 Å². The summed E-state index contributed by atoms with van der Waals surface area (Å²) in [4.78, 5) is 15.4. The monoisotopic (exact) mass is 315 g/mol. The van der Waals surface area contributed by atoms with Gasteiger partial charge in [0.2, 0.25) is 5.91 Å². The molecule has 0 spiro atoms. The highest BCUT2D eigenvalue weighted by atomic mass is 16.2. The lowest BCUT2D eigenvalue weighted by atomic mass is 9.51. The zero-order valence-corrected chi connectivity index (χ0v) is 13.5. The maximum Gasteiger partial charge on any atom is 0.226 e. The minimum absolute atomic E-state index is 0.253. The van der Waals surface area contributed by atoms with Crippen LogP contribution in [0.5, 0.6) is 0 Å². The van der Waals surface area contributed by atoms with Gasteiger partial charge in [0.1, 0.15) is 0 Å². The van der Waals surface area contributed by atoms with Crippen LogP contribution in [0.2, 0.25) is 0 Å². The fourth-order valence-electron chi connectivity index (χ4n) is 6.27. The van der Waals surface area contributed by atoms with Crippen molar-refractivity contribution in [1.82, 2.24) is 25.5 Å². The van der Waals surface area contributed by atoms with Crippen LogP contribution in [0.4, 0.5) is 0 Å². The third-order valence-corrected chi connectivity index (χ3v) is 6.97. The van der Waals surface area contributed by atoms with Crippen LogP contribution in [0, 0.1) is 29.6 Å². The Morgan fingerprint density at radius 3 is 2.48 bits per heavy atom. The predicted octanol–water partition coefficient (Wildman–Crippen LogP) is 1.98. The summed E-state index contributed by atoms with van der Waals surface area (Å²) in [7, 11) is 0. The van der Waals surface area contributed by atoms with Crippen molar-refractivity contribution in [2.24, 2.45) is 29.6 Å². The second-order valence-electron chi connectivity index (χ2n) is 8.35. The summed E-state index contributed by atoms with van der Waals surface area (Å²) in [5.74, 6) is 4.97. The van der Waals surface area contributed by atoms with E-state index in [4.69, 9.17) is 0 Å². The van der Waals surface area contributed by atoms with Gasteiger partial charge in [0.05, 0.1) is 0 Å². The Morgan fingerprint density at radius 2 is 1.83 bits per heavy atom. The molecule has 1 saturated heterocycles. The summed E-state index contributed by atoms with van der Waals surface area (Å²) in [5.41, 5.74) is 0. The molecule has 5 fully saturated rings. The molecular weight excluding hydrogens is 290 g/mol. The van der Waals surface area contributed by atoms with Crippen molar-refractivity contribution in [1.29, 1.82) is 0 Å². The lowest BCUT2D eigenvalue weighted by Gasteiger charge is -2.54. The van der Waals surface area contributed by atoms with E-state index in [1.807, 2.05) is 0 Å². The van der Waals surface area contributed by atoms with Gasteiger partial charge in [-0.15, -0.1) is 10.2 Å². The number of nitrogens with one attached hydrogen (secondary N) is 1. The van der Waals surface area contributed by atoms with Crippen LogP contribution in [0.1, 0.15) is 56.7 Å². The number of hydrogen-bond acceptors (Lipinski definition) is 4. The molecule has 5 aliphatic rings. The Labute approximate surface area is 136 Å². The van der Waals surface area contributed by atoms with Gasteiger partial charge in [-0.05, 0) is 68.6 Å². The van der Waals surface area contributed by atoms with E-state index in [-0.39, 0.29) is 5.92 Å². The summed E-state index contributed by atoms with van der Waals surface area (Å²) in [6.07, 6.45) is 8.80. The summed E-state index contributed by atoms with van der Waals surface area (Å²) >= 11 is 0. The minimum atomic E-state index is 0.253. The van der Waals surface area contributed by atoms with E-state index in [9.17, 15) is 4.79 Å². The highest BCUT2D eigenvalue weighted by Gasteiger charge is 2.51. The van der Waals surface area contributed by atoms with Gasteiger partial charge in [0.25, 0.3) is 0 Å². The van der Waals surface area contributed by atoms with Gasteiger partial charge in [-0.2, -0.15) is 5.21 Å². The Bertz CT molecular complexity index is 558. The van der Waals surface area contributed by atoms with Crippen LogP contribution in [-0.2, 0) is 4.79 Å². The number of rotatable bonds is 2. The Morgan fingerprint density at radius 1 is 1.09 bits per heavy atom. The molecule has 6 rings (SSSR count). The second-order valence-corrected chi connectivity index (χ2v) is 8.35. The van der Waals surface area contributed by atoms with Crippen molar-refractivity contribution in [2.75, 3.05) is 13.1 Å². The first-order valence-corrected chi connectivity index (χ1v) is 9.30. The van der Waals surface area contributed by atoms with Crippen LogP contribution >= 0.6 is 0 Å². The molecule has 1 atom stereocenters. The molecule has 0 unspecified atom stereocenters. The largest absolute Gasteiger partial charge is 0.342 e. The maximum atomic E-state index is 13.3. The standard InChI is InChI=1S/C17H25N5O/c23-17(15-13-5-10-4-11(7-13)8-14(15)6-10)22-3-1-2-12(9-22)16-18-20-21-19-16/h10-15H,1-9H2,(H,18,19,20,21)/t10?,11?,12-,13?,14?,15?/m1/s1. The van der Waals surface area contributed by atoms with E-state index in [0.717, 1.165) is 43.6 Å². The third kappa shape index (κ3) is 2.29. The molecule has 4 bridgehead atoms. The number of H-pyrrole nitrogens is 1. The molecule has 4 aliphatic carbocycles. The first-order valence-electron chi connectivity index (χ1n) is 9.30. The molecule has 2 heterocycles. The molecule has 23 heavy (non-hydrogen) atoms. The van der Waals surface area contributed by atoms with Crippen molar-refractivity contribution in [2.45, 2.75) is 50.9 Å². The summed E-state index contributed by atoms with van der Waals surface area (Å²) in [6.45, 7) is 1.69. The summed E-state index contributed by atoms with van der Waals surface area (Å²) in [6, 6.07) is 0. The molecular formula is C17H25N5O. The number of likely N-dealkylation sites (tertiary alicyclic amines) is 1. The molecule has 1 amide bonds. The van der Waals surface area contributed by atoms with E-state index in [2.05, 4.69) is 25.5 Å². The second kappa shape index (κ2) is 5.28. The number of aromatic amines is 1. The van der Waals surface area contributed by atoms with Crippen LogP contribution in [0.15, 0.2) is 0 Å². The number of carbonyl (C=O) groups excluding carboxylic acids is 1. The van der Waals surface area contributed by atoms with E-state index in [1.54, 1.807) is 0 Å². The lowest BCUT2D eigenvalue weighted by molar-refractivity contribution is -0.150. The number of tetrazole rings is 1. The van der Waals surface area contributed by atoms with Gasteiger partial charge >= 0.3 is 0 Å². The number of carbonyl (C=O) groups is 1. The Balaban J connectivity index is 1.32. The van der Waals surface area contributed by atoms with E-state index < -0.39 is 0 Å². The maximum absolute atomic E-state index is 13.3. The molecule has 1 aromatic heterocycles. The van der Waals surface area contributed by atoms with Crippen molar-refractivity contribution in [3.8, 4) is 0 Å². The minimum Gasteiger partial charge on any atom is -0.342 e. The number of amides is 1. The molecule has 4 saturated carbocycles. The Hall–Kier alpha value is -1.46. The van der Waals surface area contributed by atoms with Gasteiger partial charge in [0, 0.05) is 24.9 Å². The molecule has 124 valence electrons. The number of piperidine rings is 1. The lowest BCUT2D eigenvalue weighted by Crippen LogP contribution is -2.53. The van der Waals surface area contributed by atoms with Crippen LogP contribution in [-0.4, -0.2) is 44.5 Å². The highest BCUT2D eigenvalue weighted by Crippen LogP contribution is 2.57. The number of nitrogens with zero attached hydrogens (tertiary/aromatic N) is 4. The van der Waals surface area contributed by atoms with Gasteiger partial charge in [0.15, 0.2) is 5.82 Å². The topological polar surface area (TPSA) is 74.8 Å². The van der Waals surface area contributed by atoms with Crippen molar-refractivity contribution in [3.05, 3.63) is 5.82 Å². The fraction of sp³-hybridized carbons (Fsp3) is 0.882. The molecule has 6 heteroatoms. The average molecular weight is 315 g/mol. The van der Waals surface area contributed by atoms with Gasteiger partial charge < -0.3 is 4.90 Å². The third-order valence-electron chi connectivity index (χ3n) is 6.97.